The van der Waals surface area contributed by atoms with Crippen LogP contribution < -0.4 is 0 Å². The van der Waals surface area contributed by atoms with E-state index in [0.29, 0.717) is 0 Å². The summed E-state index contributed by atoms with van der Waals surface area (Å²) >= 11 is 0. The van der Waals surface area contributed by atoms with Gasteiger partial charge < -0.3 is 9.97 Å². The minimum Gasteiger partial charge on any atom is -0.355 e. The van der Waals surface area contributed by atoms with E-state index in [1.165, 1.54) is 277 Å². The smallest absolute Gasteiger partial charge is 0.0465 e. The molecule has 0 fully saturated rings. The standard InChI is InChI=1S/C115H66N2/c1-61-5-6-64-30-51-96-86(41-20-66-13-34-79(61)105(64)112(66)96)100-55-56-101(116-100)87-42-21-72-27-48-93-83(38-17-69-31-52-97(87)113(72)109(69)93)78-12-11-77(60-78)81-36-15-67-28-49-94-84(39-18-70-25-46-91(81)107(67)110(70)94)85-40-19-71-33-54-99-89(44-23-74-29-50-95(85)111(71)115(74)99)103-58-57-102(117-103)88-43-22-73-26-47-92-82(37-16-68-32-53-98(88)114(73)108(68)92)76-10-9-75(59-76)80-35-14-65-8-7-62-3-2-4-63-24-45-90(80)106(65)104(62)63/h2-58,116-117H,59-60H2,1H3. The second kappa shape index (κ2) is 22.7. The van der Waals surface area contributed by atoms with E-state index < -0.39 is 0 Å². The SMILES string of the molecule is Cc1ccc2ccc3c(-c4ccc(-c5ccc6ccc7c(C8=CC=C(c9ccc%10ccc%11c(-c%12ccc%13ccc%14c(-c%15ccc(-c%16ccc%17ccc%18c(C%19=CC=C(c%20ccc%21ccc%22cccc%23ccc%20c%21c%22%23)C%19)ccc%19ccc%16c%17c%19%18)[nH]%15)ccc%15ccc%12c%13c%15%14)ccc%12ccc9c%10c%12%11)C8)ccc8ccc5c6c87)[nH]4)ccc4ccc1c2c43. The van der Waals surface area contributed by atoms with Crippen LogP contribution in [0, 0.1) is 6.92 Å². The summed E-state index contributed by atoms with van der Waals surface area (Å²) in [4.78, 5) is 7.97. The van der Waals surface area contributed by atoms with Gasteiger partial charge in [0.2, 0.25) is 0 Å². The van der Waals surface area contributed by atoms with Crippen LogP contribution in [0.3, 0.4) is 0 Å². The largest absolute Gasteiger partial charge is 0.355 e. The summed E-state index contributed by atoms with van der Waals surface area (Å²) in [5.74, 6) is 0. The van der Waals surface area contributed by atoms with Crippen molar-refractivity contribution in [1.82, 2.24) is 9.97 Å². The Bertz CT molecular complexity index is 9050. The zero-order valence-electron chi connectivity index (χ0n) is 63.8. The molecule has 0 saturated heterocycles. The molecule has 2 N–H and O–H groups in total. The van der Waals surface area contributed by atoms with Crippen molar-refractivity contribution in [3.63, 3.8) is 0 Å². The van der Waals surface area contributed by atoms with Crippen LogP contribution in [0.4, 0.5) is 0 Å². The average Bonchev–Trinajstić information content (AvgIpc) is 1.42. The third kappa shape index (κ3) is 8.47. The molecule has 2 aromatic heterocycles. The lowest BCUT2D eigenvalue weighted by Gasteiger charge is -2.19. The van der Waals surface area contributed by atoms with Crippen LogP contribution in [-0.2, 0) is 0 Å². The monoisotopic (exact) mass is 1470 g/mol. The van der Waals surface area contributed by atoms with Gasteiger partial charge in [-0.05, 0) is 299 Å². The van der Waals surface area contributed by atoms with Crippen molar-refractivity contribution in [1.29, 1.82) is 0 Å². The van der Waals surface area contributed by atoms with E-state index in [0.717, 1.165) is 35.6 Å². The molecule has 0 atom stereocenters. The van der Waals surface area contributed by atoms with Crippen LogP contribution in [-0.4, -0.2) is 9.97 Å². The molecule has 2 aliphatic rings. The van der Waals surface area contributed by atoms with Gasteiger partial charge in [-0.25, -0.2) is 0 Å². The Balaban J connectivity index is 0.490. The molecular weight excluding hydrogens is 1410 g/mol. The topological polar surface area (TPSA) is 31.6 Å². The van der Waals surface area contributed by atoms with Crippen molar-refractivity contribution in [2.45, 2.75) is 19.8 Å². The fraction of sp³-hybridized carbons (Fsp3) is 0.0261. The Kier molecular flexibility index (Phi) is 12.1. The second-order valence-corrected chi connectivity index (χ2v) is 33.7. The van der Waals surface area contributed by atoms with E-state index >= 15 is 0 Å². The highest BCUT2D eigenvalue weighted by atomic mass is 14.7. The van der Waals surface area contributed by atoms with Crippen molar-refractivity contribution in [3.05, 3.63) is 374 Å². The fourth-order valence-corrected chi connectivity index (χ4v) is 22.6. The lowest BCUT2D eigenvalue weighted by atomic mass is 9.84. The predicted octanol–water partition coefficient (Wildman–Crippen LogP) is 32.1. The highest BCUT2D eigenvalue weighted by Gasteiger charge is 2.27. The molecule has 0 spiro atoms. The first kappa shape index (κ1) is 62.6. The van der Waals surface area contributed by atoms with Crippen LogP contribution in [0.5, 0.6) is 0 Å². The highest BCUT2D eigenvalue weighted by molar-refractivity contribution is 6.35. The number of aryl methyl sites for hydroxylation is 1. The first-order valence-electron chi connectivity index (χ1n) is 41.2. The van der Waals surface area contributed by atoms with Crippen LogP contribution >= 0.6 is 0 Å². The molecule has 0 saturated carbocycles. The number of benzene rings is 24. The number of rotatable bonds is 9. The van der Waals surface area contributed by atoms with Gasteiger partial charge in [-0.3, -0.25) is 0 Å². The highest BCUT2D eigenvalue weighted by Crippen LogP contribution is 2.53. The number of nitrogens with one attached hydrogen (secondary N) is 2. The molecule has 26 aromatic rings. The Morgan fingerprint density at radius 1 is 0.154 bits per heavy atom. The molecule has 28 rings (SSSR count). The quantitative estimate of drug-likeness (QED) is 0.135. The number of allylic oxidation sites excluding steroid dienone is 8. The van der Waals surface area contributed by atoms with Crippen molar-refractivity contribution in [2.24, 2.45) is 0 Å². The Morgan fingerprint density at radius 2 is 0.333 bits per heavy atom. The van der Waals surface area contributed by atoms with Crippen molar-refractivity contribution < 1.29 is 0 Å². The maximum absolute atomic E-state index is 4.02. The number of aromatic amines is 2. The second-order valence-electron chi connectivity index (χ2n) is 33.7. The molecule has 2 heterocycles. The number of aromatic nitrogens is 2. The molecule has 2 heteroatoms. The molecule has 0 aliphatic heterocycles. The molecule has 2 nitrogen and oxygen atoms in total. The minimum atomic E-state index is 0.849. The van der Waals surface area contributed by atoms with E-state index in [2.05, 4.69) is 363 Å². The lowest BCUT2D eigenvalue weighted by molar-refractivity contribution is 1.41. The van der Waals surface area contributed by atoms with Crippen LogP contribution in [0.2, 0.25) is 0 Å². The van der Waals surface area contributed by atoms with E-state index in [1.807, 2.05) is 0 Å². The molecule has 2 aliphatic carbocycles. The summed E-state index contributed by atoms with van der Waals surface area (Å²) in [6.07, 6.45) is 11.3. The van der Waals surface area contributed by atoms with Gasteiger partial charge in [0.15, 0.2) is 0 Å². The normalized spacial score (nSPS) is 13.8. The molecular formula is C115H66N2. The van der Waals surface area contributed by atoms with Crippen LogP contribution in [0.15, 0.2) is 346 Å². The fourth-order valence-electron chi connectivity index (χ4n) is 22.6. The summed E-state index contributed by atoms with van der Waals surface area (Å²) in [6, 6.07) is 124. The molecule has 0 radical (unpaired) electrons. The van der Waals surface area contributed by atoms with E-state index in [-0.39, 0.29) is 0 Å². The van der Waals surface area contributed by atoms with Gasteiger partial charge in [0.25, 0.3) is 0 Å². The maximum Gasteiger partial charge on any atom is 0.0465 e. The van der Waals surface area contributed by atoms with Crippen LogP contribution in [0.25, 0.3) is 272 Å². The summed E-state index contributed by atoms with van der Waals surface area (Å²) in [7, 11) is 0. The molecule has 117 heavy (non-hydrogen) atoms. The predicted molar refractivity (Wildman–Crippen MR) is 503 cm³/mol. The van der Waals surface area contributed by atoms with Gasteiger partial charge in [-0.2, -0.15) is 0 Å². The van der Waals surface area contributed by atoms with Crippen molar-refractivity contribution in [3.8, 4) is 56.2 Å². The number of H-pyrrole nitrogens is 2. The van der Waals surface area contributed by atoms with Crippen molar-refractivity contribution >= 4 is 216 Å². The third-order valence-corrected chi connectivity index (χ3v) is 28.0. The molecule has 24 aromatic carbocycles. The number of hydrogen-bond donors (Lipinski definition) is 2. The molecule has 0 amide bonds. The first-order chi connectivity index (χ1) is 57.9. The Hall–Kier alpha value is -15.0. The van der Waals surface area contributed by atoms with E-state index in [9.17, 15) is 0 Å². The van der Waals surface area contributed by atoms with Crippen LogP contribution in [0.1, 0.15) is 40.7 Å². The Morgan fingerprint density at radius 3 is 0.607 bits per heavy atom. The summed E-state index contributed by atoms with van der Waals surface area (Å²) in [6.45, 7) is 2.23. The minimum absolute atomic E-state index is 0.849. The first-order valence-corrected chi connectivity index (χ1v) is 41.2. The van der Waals surface area contributed by atoms with Gasteiger partial charge in [0, 0.05) is 45.0 Å². The zero-order chi connectivity index (χ0) is 75.9. The van der Waals surface area contributed by atoms with Gasteiger partial charge in [0.1, 0.15) is 0 Å². The van der Waals surface area contributed by atoms with E-state index in [1.54, 1.807) is 0 Å². The summed E-state index contributed by atoms with van der Waals surface area (Å²) in [5, 5.41) is 46.8. The average molecular weight is 1480 g/mol. The Labute approximate surface area is 671 Å². The molecule has 536 valence electrons. The van der Waals surface area contributed by atoms with Crippen molar-refractivity contribution in [2.75, 3.05) is 0 Å². The maximum atomic E-state index is 4.02. The number of hydrogen-bond acceptors (Lipinski definition) is 0. The third-order valence-electron chi connectivity index (χ3n) is 28.0. The van der Waals surface area contributed by atoms with E-state index in [4.69, 9.17) is 0 Å². The zero-order valence-corrected chi connectivity index (χ0v) is 63.8. The van der Waals surface area contributed by atoms with Gasteiger partial charge in [0.05, 0.1) is 0 Å². The molecule has 0 unspecified atom stereocenters. The summed E-state index contributed by atoms with van der Waals surface area (Å²) < 4.78 is 0. The molecule has 0 bridgehead atoms. The lowest BCUT2D eigenvalue weighted by Crippen LogP contribution is -1.93. The van der Waals surface area contributed by atoms with Gasteiger partial charge in [-0.1, -0.05) is 322 Å². The van der Waals surface area contributed by atoms with Gasteiger partial charge >= 0.3 is 0 Å². The summed E-state index contributed by atoms with van der Waals surface area (Å²) in [5.41, 5.74) is 23.9. The van der Waals surface area contributed by atoms with Gasteiger partial charge in [-0.15, -0.1) is 0 Å².